The summed E-state index contributed by atoms with van der Waals surface area (Å²) in [5, 5.41) is 0. The number of allylic oxidation sites excluding steroid dienone is 2. The first kappa shape index (κ1) is 10.1. The molecule has 1 unspecified atom stereocenters. The van der Waals surface area contributed by atoms with Crippen molar-refractivity contribution in [3.63, 3.8) is 0 Å². The Morgan fingerprint density at radius 2 is 2.08 bits per heavy atom. The molecule has 1 aliphatic heterocycles. The summed E-state index contributed by atoms with van der Waals surface area (Å²) in [6, 6.07) is 11.0. The molecule has 0 N–H and O–H groups in total. The monoisotopic (exact) mass is 386 g/mol. The van der Waals surface area contributed by atoms with Crippen molar-refractivity contribution in [3.8, 4) is 0 Å². The second kappa shape index (κ2) is 4.87. The molecule has 66 valence electrons. The van der Waals surface area contributed by atoms with Gasteiger partial charge in [-0.05, 0) is 0 Å². The van der Waals surface area contributed by atoms with Crippen LogP contribution in [0, 0.1) is 0 Å². The third-order valence-electron chi connectivity index (χ3n) is 2.55. The van der Waals surface area contributed by atoms with Crippen LogP contribution in [-0.4, -0.2) is 23.1 Å². The van der Waals surface area contributed by atoms with E-state index in [4.69, 9.17) is 0 Å². The molecule has 13 heavy (non-hydrogen) atoms. The van der Waals surface area contributed by atoms with Gasteiger partial charge in [0.25, 0.3) is 0 Å². The minimum absolute atomic E-state index is 0.944. The summed E-state index contributed by atoms with van der Waals surface area (Å²) in [4.78, 5) is 0. The van der Waals surface area contributed by atoms with E-state index in [9.17, 15) is 0 Å². The number of benzene rings is 1. The zero-order valence-electron chi connectivity index (χ0n) is 7.49. The average molecular weight is 386 g/mol. The molecular weight excluding hydrogens is 374 g/mol. The summed E-state index contributed by atoms with van der Waals surface area (Å²) >= 11 is 1.41. The van der Waals surface area contributed by atoms with Gasteiger partial charge in [-0.2, -0.15) is 0 Å². The van der Waals surface area contributed by atoms with Gasteiger partial charge in [0, 0.05) is 0 Å². The average Bonchev–Trinajstić information content (AvgIpc) is 2.54. The van der Waals surface area contributed by atoms with Gasteiger partial charge in [0.05, 0.1) is 0 Å². The SMILES string of the molecule is I[CH]1C=C[CH2][In]1[CH2]c1ccccc1. The van der Waals surface area contributed by atoms with E-state index in [0.29, 0.717) is 0 Å². The molecule has 0 aromatic heterocycles. The first-order valence-corrected chi connectivity index (χ1v) is 12.5. The third kappa shape index (κ3) is 2.75. The standard InChI is InChI=1S/C7H7.C4H5I.In/c1-7-5-3-2-4-6-7;1-2-3-4-5;/h2-6H,1H2;2-4H,1H2;. The van der Waals surface area contributed by atoms with E-state index < -0.39 is 21.4 Å². The van der Waals surface area contributed by atoms with Crippen molar-refractivity contribution >= 4 is 44.0 Å². The number of hydrogen-bond donors (Lipinski definition) is 0. The molecule has 1 aliphatic rings. The molecule has 0 bridgehead atoms. The Kier molecular flexibility index (Phi) is 3.78. The zero-order valence-corrected chi connectivity index (χ0v) is 12.9. The normalized spacial score (nSPS) is 21.0. The number of halogens is 1. The van der Waals surface area contributed by atoms with E-state index in [2.05, 4.69) is 65.1 Å². The summed E-state index contributed by atoms with van der Waals surface area (Å²) in [5.74, 6) is 0. The molecule has 0 amide bonds. The predicted octanol–water partition coefficient (Wildman–Crippen LogP) is 3.18. The molecule has 2 heteroatoms. The molecule has 1 atom stereocenters. The summed E-state index contributed by atoms with van der Waals surface area (Å²) in [7, 11) is 0. The Balaban J connectivity index is 1.99. The predicted molar refractivity (Wildman–Crippen MR) is 67.7 cm³/mol. The molecule has 0 saturated carbocycles. The van der Waals surface area contributed by atoms with Crippen molar-refractivity contribution in [2.24, 2.45) is 0 Å². The van der Waals surface area contributed by atoms with Crippen molar-refractivity contribution < 1.29 is 0 Å². The molecular formula is C11H12IIn. The topological polar surface area (TPSA) is 0 Å². The van der Waals surface area contributed by atoms with Crippen LogP contribution in [-0.2, 0) is 4.18 Å². The van der Waals surface area contributed by atoms with Crippen LogP contribution in [0.2, 0.25) is 4.18 Å². The summed E-state index contributed by atoms with van der Waals surface area (Å²) in [6.45, 7) is 0. The molecule has 0 aliphatic carbocycles. The first-order chi connectivity index (χ1) is 6.36. The molecule has 1 heterocycles. The van der Waals surface area contributed by atoms with Gasteiger partial charge in [-0.3, -0.25) is 0 Å². The maximum atomic E-state index is 2.63. The zero-order chi connectivity index (χ0) is 9.10. The van der Waals surface area contributed by atoms with Crippen LogP contribution in [0.15, 0.2) is 42.5 Å². The Morgan fingerprint density at radius 3 is 2.69 bits per heavy atom. The van der Waals surface area contributed by atoms with Crippen LogP contribution in [0.4, 0.5) is 0 Å². The van der Waals surface area contributed by atoms with Gasteiger partial charge in [-0.15, -0.1) is 0 Å². The van der Waals surface area contributed by atoms with Crippen molar-refractivity contribution in [1.82, 2.24) is 0 Å². The minimum atomic E-state index is -1.22. The fourth-order valence-electron chi connectivity index (χ4n) is 1.78. The van der Waals surface area contributed by atoms with Crippen LogP contribution in [0.1, 0.15) is 5.56 Å². The fourth-order valence-corrected chi connectivity index (χ4v) is 12.9. The second-order valence-corrected chi connectivity index (χ2v) is 17.8. The Labute approximate surface area is 101 Å². The van der Waals surface area contributed by atoms with E-state index in [1.807, 2.05) is 0 Å². The van der Waals surface area contributed by atoms with Gasteiger partial charge in [-0.25, -0.2) is 0 Å². The molecule has 0 saturated heterocycles. The van der Waals surface area contributed by atoms with Gasteiger partial charge in [0.2, 0.25) is 0 Å². The summed E-state index contributed by atoms with van der Waals surface area (Å²) < 4.78 is 3.84. The molecule has 1 aromatic carbocycles. The van der Waals surface area contributed by atoms with Gasteiger partial charge in [-0.1, -0.05) is 0 Å². The molecule has 0 nitrogen and oxygen atoms in total. The van der Waals surface area contributed by atoms with E-state index in [-0.39, 0.29) is 0 Å². The van der Waals surface area contributed by atoms with E-state index in [0.717, 1.165) is 1.68 Å². The molecule has 2 rings (SSSR count). The van der Waals surface area contributed by atoms with Gasteiger partial charge < -0.3 is 0 Å². The quantitative estimate of drug-likeness (QED) is 0.416. The van der Waals surface area contributed by atoms with Crippen molar-refractivity contribution in [3.05, 3.63) is 48.0 Å². The van der Waals surface area contributed by atoms with Crippen LogP contribution in [0.25, 0.3) is 0 Å². The second-order valence-electron chi connectivity index (χ2n) is 3.56. The van der Waals surface area contributed by atoms with Crippen molar-refractivity contribution in [2.45, 2.75) is 10.0 Å². The molecule has 1 aromatic rings. The van der Waals surface area contributed by atoms with Crippen LogP contribution < -0.4 is 0 Å². The fraction of sp³-hybridized carbons (Fsp3) is 0.273. The van der Waals surface area contributed by atoms with E-state index in [1.165, 1.54) is 8.35 Å². The van der Waals surface area contributed by atoms with Gasteiger partial charge >= 0.3 is 102 Å². The maximum absolute atomic E-state index is 2.63. The number of rotatable bonds is 2. The number of alkyl halides is 1. The first-order valence-electron chi connectivity index (χ1n) is 4.71. The molecule has 0 radical (unpaired) electrons. The van der Waals surface area contributed by atoms with Gasteiger partial charge in [0.1, 0.15) is 0 Å². The Bertz CT molecular complexity index is 294. The third-order valence-corrected chi connectivity index (χ3v) is 18.3. The van der Waals surface area contributed by atoms with Crippen molar-refractivity contribution in [1.29, 1.82) is 0 Å². The van der Waals surface area contributed by atoms with E-state index in [1.54, 1.807) is 5.56 Å². The Hall–Kier alpha value is 0.560. The molecule has 0 fully saturated rings. The van der Waals surface area contributed by atoms with Crippen LogP contribution in [0.5, 0.6) is 0 Å². The van der Waals surface area contributed by atoms with Crippen molar-refractivity contribution in [2.75, 3.05) is 0 Å². The molecule has 0 spiro atoms. The van der Waals surface area contributed by atoms with Crippen LogP contribution >= 0.6 is 22.6 Å². The van der Waals surface area contributed by atoms with E-state index >= 15 is 0 Å². The Morgan fingerprint density at radius 1 is 1.31 bits per heavy atom. The summed E-state index contributed by atoms with van der Waals surface area (Å²) in [6.07, 6.45) is 4.82. The summed E-state index contributed by atoms with van der Waals surface area (Å²) in [5.41, 5.74) is 1.56. The number of hydrogen-bond acceptors (Lipinski definition) is 0. The van der Waals surface area contributed by atoms with Gasteiger partial charge in [0.15, 0.2) is 0 Å². The van der Waals surface area contributed by atoms with Crippen LogP contribution in [0.3, 0.4) is 0 Å².